The van der Waals surface area contributed by atoms with Gasteiger partial charge >= 0.3 is 0 Å². The van der Waals surface area contributed by atoms with Crippen LogP contribution < -0.4 is 10.1 Å². The number of carbonyl (C=O) groups excluding carboxylic acids is 2. The van der Waals surface area contributed by atoms with Crippen LogP contribution in [0.5, 0.6) is 5.75 Å². The first-order valence-corrected chi connectivity index (χ1v) is 10.6. The molecule has 2 aromatic rings. The average molecular weight is 413 g/mol. The smallest absolute Gasteiger partial charge is 0.261 e. The van der Waals surface area contributed by atoms with Gasteiger partial charge in [-0.25, -0.2) is 4.39 Å². The number of nitrogens with one attached hydrogen (secondary N) is 1. The molecule has 1 saturated carbocycles. The summed E-state index contributed by atoms with van der Waals surface area (Å²) in [6.45, 7) is 1.94. The first-order valence-electron chi connectivity index (χ1n) is 10.6. The molecule has 0 aromatic heterocycles. The molecular weight excluding hydrogens is 383 g/mol. The van der Waals surface area contributed by atoms with Gasteiger partial charge < -0.3 is 15.0 Å². The lowest BCUT2D eigenvalue weighted by atomic mass is 10.1. The molecule has 6 heteroatoms. The Morgan fingerprint density at radius 3 is 2.40 bits per heavy atom. The first-order chi connectivity index (χ1) is 14.6. The highest BCUT2D eigenvalue weighted by atomic mass is 19.1. The van der Waals surface area contributed by atoms with Crippen LogP contribution in [0.1, 0.15) is 44.6 Å². The number of benzene rings is 2. The molecule has 2 aromatic carbocycles. The van der Waals surface area contributed by atoms with Gasteiger partial charge in [0.2, 0.25) is 5.91 Å². The normalized spacial score (nSPS) is 14.9. The lowest BCUT2D eigenvalue weighted by molar-refractivity contribution is -0.143. The van der Waals surface area contributed by atoms with Gasteiger partial charge in [0.25, 0.3) is 5.91 Å². The molecule has 1 N–H and O–H groups in total. The van der Waals surface area contributed by atoms with E-state index < -0.39 is 6.04 Å². The van der Waals surface area contributed by atoms with Gasteiger partial charge in [-0.15, -0.1) is 0 Å². The Morgan fingerprint density at radius 1 is 1.10 bits per heavy atom. The number of halogens is 1. The molecular formula is C24H29FN2O3. The van der Waals surface area contributed by atoms with Gasteiger partial charge in [-0.1, -0.05) is 50.1 Å². The van der Waals surface area contributed by atoms with Crippen molar-refractivity contribution < 1.29 is 18.7 Å². The zero-order valence-corrected chi connectivity index (χ0v) is 17.4. The van der Waals surface area contributed by atoms with Crippen LogP contribution in [0.2, 0.25) is 0 Å². The van der Waals surface area contributed by atoms with Crippen molar-refractivity contribution in [1.82, 2.24) is 10.2 Å². The monoisotopic (exact) mass is 412 g/mol. The third-order valence-electron chi connectivity index (χ3n) is 5.46. The van der Waals surface area contributed by atoms with Crippen LogP contribution >= 0.6 is 0 Å². The summed E-state index contributed by atoms with van der Waals surface area (Å²) in [5, 5.41) is 3.10. The molecule has 1 fully saturated rings. The minimum absolute atomic E-state index is 0.139. The molecule has 1 aliphatic rings. The predicted octanol–water partition coefficient (Wildman–Crippen LogP) is 4.07. The van der Waals surface area contributed by atoms with Crippen LogP contribution in [0.3, 0.4) is 0 Å². The van der Waals surface area contributed by atoms with Crippen LogP contribution in [0.15, 0.2) is 54.6 Å². The lowest BCUT2D eigenvalue weighted by Crippen LogP contribution is -2.52. The van der Waals surface area contributed by atoms with E-state index in [0.717, 1.165) is 31.2 Å². The van der Waals surface area contributed by atoms with Gasteiger partial charge in [0.15, 0.2) is 6.61 Å². The summed E-state index contributed by atoms with van der Waals surface area (Å²) in [5.74, 6) is -0.165. The van der Waals surface area contributed by atoms with Gasteiger partial charge in [0.05, 0.1) is 0 Å². The molecule has 1 aliphatic carbocycles. The summed E-state index contributed by atoms with van der Waals surface area (Å²) in [7, 11) is 0. The summed E-state index contributed by atoms with van der Waals surface area (Å²) in [5.41, 5.74) is 0.761. The summed E-state index contributed by atoms with van der Waals surface area (Å²) in [6.07, 6.45) is 4.67. The molecule has 0 radical (unpaired) electrons. The van der Waals surface area contributed by atoms with Gasteiger partial charge in [-0.2, -0.15) is 0 Å². The highest BCUT2D eigenvalue weighted by Crippen LogP contribution is 2.19. The summed E-state index contributed by atoms with van der Waals surface area (Å²) in [4.78, 5) is 27.6. The quantitative estimate of drug-likeness (QED) is 0.675. The Labute approximate surface area is 177 Å². The van der Waals surface area contributed by atoms with E-state index in [1.54, 1.807) is 29.2 Å². The number of carbonyl (C=O) groups is 2. The second kappa shape index (κ2) is 10.8. The minimum atomic E-state index is -0.609. The van der Waals surface area contributed by atoms with Crippen molar-refractivity contribution in [2.75, 3.05) is 6.61 Å². The van der Waals surface area contributed by atoms with E-state index in [0.29, 0.717) is 12.2 Å². The van der Waals surface area contributed by atoms with Crippen molar-refractivity contribution in [2.45, 2.75) is 57.7 Å². The number of hydrogen-bond donors (Lipinski definition) is 1. The number of nitrogens with zero attached hydrogens (tertiary/aromatic N) is 1. The molecule has 160 valence electrons. The Balaban J connectivity index is 1.74. The standard InChI is InChI=1S/C24H29FN2O3/c1-2-22(24(29)26-20-8-6-7-9-20)27(16-18-12-14-19(25)15-13-18)23(28)17-30-21-10-4-3-5-11-21/h3-5,10-15,20,22H,2,6-9,16-17H2,1H3,(H,26,29). The van der Waals surface area contributed by atoms with Crippen molar-refractivity contribution in [3.8, 4) is 5.75 Å². The second-order valence-electron chi connectivity index (χ2n) is 7.66. The fourth-order valence-electron chi connectivity index (χ4n) is 3.82. The predicted molar refractivity (Wildman–Crippen MR) is 113 cm³/mol. The highest BCUT2D eigenvalue weighted by molar-refractivity contribution is 5.88. The zero-order valence-electron chi connectivity index (χ0n) is 17.4. The van der Waals surface area contributed by atoms with Gasteiger partial charge in [-0.3, -0.25) is 9.59 Å². The Hall–Kier alpha value is -2.89. The lowest BCUT2D eigenvalue weighted by Gasteiger charge is -2.31. The third-order valence-corrected chi connectivity index (χ3v) is 5.46. The maximum absolute atomic E-state index is 13.3. The first kappa shape index (κ1) is 21.8. The summed E-state index contributed by atoms with van der Waals surface area (Å²) < 4.78 is 18.9. The van der Waals surface area contributed by atoms with E-state index in [1.807, 2.05) is 25.1 Å². The number of rotatable bonds is 9. The molecule has 0 heterocycles. The fraction of sp³-hybridized carbons (Fsp3) is 0.417. The van der Waals surface area contributed by atoms with E-state index >= 15 is 0 Å². The molecule has 30 heavy (non-hydrogen) atoms. The van der Waals surface area contributed by atoms with Gasteiger partial charge in [-0.05, 0) is 49.1 Å². The number of para-hydroxylation sites is 1. The van der Waals surface area contributed by atoms with Crippen molar-refractivity contribution in [3.63, 3.8) is 0 Å². The highest BCUT2D eigenvalue weighted by Gasteiger charge is 2.30. The molecule has 3 rings (SSSR count). The van der Waals surface area contributed by atoms with E-state index in [1.165, 1.54) is 12.1 Å². The molecule has 0 spiro atoms. The largest absolute Gasteiger partial charge is 0.484 e. The third kappa shape index (κ3) is 6.05. The Kier molecular flexibility index (Phi) is 7.82. The van der Waals surface area contributed by atoms with E-state index in [2.05, 4.69) is 5.32 Å². The second-order valence-corrected chi connectivity index (χ2v) is 7.66. The Morgan fingerprint density at radius 2 is 1.77 bits per heavy atom. The van der Waals surface area contributed by atoms with Crippen molar-refractivity contribution >= 4 is 11.8 Å². The van der Waals surface area contributed by atoms with Crippen LogP contribution in [-0.2, 0) is 16.1 Å². The molecule has 0 aliphatic heterocycles. The maximum Gasteiger partial charge on any atom is 0.261 e. The molecule has 0 saturated heterocycles. The van der Waals surface area contributed by atoms with Crippen LogP contribution in [0.25, 0.3) is 0 Å². The topological polar surface area (TPSA) is 58.6 Å². The number of hydrogen-bond acceptors (Lipinski definition) is 3. The fourth-order valence-corrected chi connectivity index (χ4v) is 3.82. The van der Waals surface area contributed by atoms with Crippen molar-refractivity contribution in [2.24, 2.45) is 0 Å². The number of ether oxygens (including phenoxy) is 1. The van der Waals surface area contributed by atoms with Crippen LogP contribution in [-0.4, -0.2) is 35.4 Å². The maximum atomic E-state index is 13.3. The molecule has 1 atom stereocenters. The molecule has 2 amide bonds. The molecule has 1 unspecified atom stereocenters. The van der Waals surface area contributed by atoms with Crippen LogP contribution in [0.4, 0.5) is 4.39 Å². The van der Waals surface area contributed by atoms with Crippen molar-refractivity contribution in [1.29, 1.82) is 0 Å². The summed E-state index contributed by atoms with van der Waals surface area (Å²) in [6, 6.07) is 14.7. The van der Waals surface area contributed by atoms with E-state index in [9.17, 15) is 14.0 Å². The Bertz CT molecular complexity index is 820. The number of amides is 2. The van der Waals surface area contributed by atoms with E-state index in [-0.39, 0.29) is 36.8 Å². The van der Waals surface area contributed by atoms with Gasteiger partial charge in [0.1, 0.15) is 17.6 Å². The SMILES string of the molecule is CCC(C(=O)NC1CCCC1)N(Cc1ccc(F)cc1)C(=O)COc1ccccc1. The molecule has 0 bridgehead atoms. The van der Waals surface area contributed by atoms with Crippen molar-refractivity contribution in [3.05, 3.63) is 66.0 Å². The van der Waals surface area contributed by atoms with Crippen LogP contribution in [0, 0.1) is 5.82 Å². The van der Waals surface area contributed by atoms with Gasteiger partial charge in [0, 0.05) is 12.6 Å². The zero-order chi connectivity index (χ0) is 21.3. The minimum Gasteiger partial charge on any atom is -0.484 e. The summed E-state index contributed by atoms with van der Waals surface area (Å²) >= 11 is 0. The van der Waals surface area contributed by atoms with E-state index in [4.69, 9.17) is 4.74 Å². The molecule has 5 nitrogen and oxygen atoms in total. The average Bonchev–Trinajstić information content (AvgIpc) is 3.27.